The molecule has 0 amide bonds. The Balaban J connectivity index is 1.50. The molecule has 0 aliphatic carbocycles. The Morgan fingerprint density at radius 2 is 1.39 bits per heavy atom. The van der Waals surface area contributed by atoms with Gasteiger partial charge in [-0.3, -0.25) is 4.79 Å². The van der Waals surface area contributed by atoms with Crippen LogP contribution in [0.25, 0.3) is 32.6 Å². The molecule has 38 heavy (non-hydrogen) atoms. The molecule has 0 unspecified atom stereocenters. The minimum Gasteiger partial charge on any atom is -0.497 e. The molecule has 0 radical (unpaired) electrons. The van der Waals surface area contributed by atoms with Gasteiger partial charge in [0.1, 0.15) is 11.5 Å². The Labute approximate surface area is 220 Å². The zero-order chi connectivity index (χ0) is 26.2. The number of aromatic nitrogens is 1. The summed E-state index contributed by atoms with van der Waals surface area (Å²) >= 11 is 0. The fourth-order valence-electron chi connectivity index (χ4n) is 5.34. The van der Waals surface area contributed by atoms with Crippen LogP contribution in [0.15, 0.2) is 108 Å². The van der Waals surface area contributed by atoms with Gasteiger partial charge in [0.15, 0.2) is 5.78 Å². The van der Waals surface area contributed by atoms with Gasteiger partial charge in [-0.05, 0) is 72.3 Å². The van der Waals surface area contributed by atoms with E-state index in [0.29, 0.717) is 16.8 Å². The number of carbonyl (C=O) groups excluding carboxylic acids is 1. The highest BCUT2D eigenvalue weighted by Crippen LogP contribution is 2.32. The topological polar surface area (TPSA) is 63.8 Å². The number of hydrogen-bond donors (Lipinski definition) is 1. The summed E-state index contributed by atoms with van der Waals surface area (Å²) in [6.07, 6.45) is 0. The first kappa shape index (κ1) is 23.5. The van der Waals surface area contributed by atoms with Gasteiger partial charge in [0.25, 0.3) is 0 Å². The van der Waals surface area contributed by atoms with E-state index in [1.54, 1.807) is 7.11 Å². The van der Waals surface area contributed by atoms with Crippen LogP contribution < -0.4 is 4.74 Å². The lowest BCUT2D eigenvalue weighted by molar-refractivity contribution is 0.104. The Morgan fingerprint density at radius 3 is 2.08 bits per heavy atom. The van der Waals surface area contributed by atoms with Gasteiger partial charge in [0.2, 0.25) is 0 Å². The summed E-state index contributed by atoms with van der Waals surface area (Å²) in [5, 5.41) is 17.5. The second-order valence-electron chi connectivity index (χ2n) is 9.24. The van der Waals surface area contributed by atoms with Crippen molar-refractivity contribution in [2.45, 2.75) is 13.5 Å². The minimum absolute atomic E-state index is 0.00639. The number of methoxy groups -OCH3 is 1. The SMILES string of the molecule is CCn1c2ccc(C(=O)c3cccc4ccccc34)cc2c2cc(/C(=N\O)c3ccc(OC)cc3)ccc21. The quantitative estimate of drug-likeness (QED) is 0.112. The van der Waals surface area contributed by atoms with Gasteiger partial charge in [-0.25, -0.2) is 0 Å². The van der Waals surface area contributed by atoms with Crippen LogP contribution in [0, 0.1) is 0 Å². The van der Waals surface area contributed by atoms with E-state index in [0.717, 1.165) is 56.0 Å². The van der Waals surface area contributed by atoms with Crippen molar-refractivity contribution < 1.29 is 14.7 Å². The van der Waals surface area contributed by atoms with E-state index >= 15 is 0 Å². The van der Waals surface area contributed by atoms with Crippen LogP contribution in [0.1, 0.15) is 34.0 Å². The summed E-state index contributed by atoms with van der Waals surface area (Å²) in [6, 6.07) is 33.2. The lowest BCUT2D eigenvalue weighted by Gasteiger charge is -2.08. The van der Waals surface area contributed by atoms with E-state index in [1.165, 1.54) is 0 Å². The minimum atomic E-state index is -0.00639. The predicted molar refractivity (Wildman–Crippen MR) is 153 cm³/mol. The van der Waals surface area contributed by atoms with Crippen molar-refractivity contribution in [2.75, 3.05) is 7.11 Å². The van der Waals surface area contributed by atoms with Crippen LogP contribution in [-0.4, -0.2) is 28.4 Å². The molecule has 0 aliphatic rings. The largest absolute Gasteiger partial charge is 0.497 e. The standard InChI is InChI=1S/C33H26N2O3/c1-3-35-30-17-13-23(32(34-37)22-11-15-25(38-2)16-12-22)19-28(30)29-20-24(14-18-31(29)35)33(36)27-10-6-8-21-7-4-5-9-26(21)27/h4-20,37H,3H2,1-2H3/b34-32-. The molecule has 6 rings (SSSR count). The fraction of sp³-hybridized carbons (Fsp3) is 0.0909. The van der Waals surface area contributed by atoms with Gasteiger partial charge < -0.3 is 14.5 Å². The van der Waals surface area contributed by atoms with Crippen molar-refractivity contribution in [1.29, 1.82) is 0 Å². The Bertz CT molecular complexity index is 1860. The lowest BCUT2D eigenvalue weighted by atomic mass is 9.96. The third-order valence-corrected chi connectivity index (χ3v) is 7.21. The number of fused-ring (bicyclic) bond motifs is 4. The van der Waals surface area contributed by atoms with E-state index in [2.05, 4.69) is 22.7 Å². The number of hydrogen-bond acceptors (Lipinski definition) is 4. The molecular weight excluding hydrogens is 472 g/mol. The molecule has 0 saturated heterocycles. The number of oxime groups is 1. The highest BCUT2D eigenvalue weighted by atomic mass is 16.5. The average Bonchev–Trinajstić information content (AvgIpc) is 3.29. The maximum absolute atomic E-state index is 13.7. The van der Waals surface area contributed by atoms with Crippen LogP contribution in [0.4, 0.5) is 0 Å². The lowest BCUT2D eigenvalue weighted by Crippen LogP contribution is -2.03. The van der Waals surface area contributed by atoms with Crippen molar-refractivity contribution in [3.05, 3.63) is 125 Å². The van der Waals surface area contributed by atoms with Gasteiger partial charge in [0, 0.05) is 50.6 Å². The molecule has 0 saturated carbocycles. The smallest absolute Gasteiger partial charge is 0.193 e. The van der Waals surface area contributed by atoms with Crippen LogP contribution in [0.3, 0.4) is 0 Å². The highest BCUT2D eigenvalue weighted by Gasteiger charge is 2.18. The van der Waals surface area contributed by atoms with Crippen LogP contribution >= 0.6 is 0 Å². The molecule has 0 fully saturated rings. The Morgan fingerprint density at radius 1 is 0.763 bits per heavy atom. The number of rotatable bonds is 6. The molecule has 5 heteroatoms. The molecule has 1 heterocycles. The van der Waals surface area contributed by atoms with E-state index < -0.39 is 0 Å². The second kappa shape index (κ2) is 9.52. The van der Waals surface area contributed by atoms with Gasteiger partial charge in [-0.15, -0.1) is 0 Å². The van der Waals surface area contributed by atoms with E-state index in [-0.39, 0.29) is 5.78 Å². The molecule has 0 spiro atoms. The molecule has 1 aromatic heterocycles. The normalized spacial score (nSPS) is 11.9. The van der Waals surface area contributed by atoms with Crippen LogP contribution in [0.2, 0.25) is 0 Å². The first-order chi connectivity index (χ1) is 18.6. The predicted octanol–water partition coefficient (Wildman–Crippen LogP) is 7.43. The van der Waals surface area contributed by atoms with Crippen molar-refractivity contribution >= 4 is 44.1 Å². The van der Waals surface area contributed by atoms with Crippen molar-refractivity contribution in [2.24, 2.45) is 5.16 Å². The molecule has 6 aromatic rings. The zero-order valence-corrected chi connectivity index (χ0v) is 21.2. The summed E-state index contributed by atoms with van der Waals surface area (Å²) < 4.78 is 7.50. The second-order valence-corrected chi connectivity index (χ2v) is 9.24. The maximum atomic E-state index is 13.7. The number of ether oxygens (including phenoxy) is 1. The highest BCUT2D eigenvalue weighted by molar-refractivity contribution is 6.20. The third-order valence-electron chi connectivity index (χ3n) is 7.21. The first-order valence-electron chi connectivity index (χ1n) is 12.6. The molecule has 0 aliphatic heterocycles. The molecular formula is C33H26N2O3. The summed E-state index contributed by atoms with van der Waals surface area (Å²) in [5.74, 6) is 0.726. The summed E-state index contributed by atoms with van der Waals surface area (Å²) in [4.78, 5) is 13.7. The van der Waals surface area contributed by atoms with Gasteiger partial charge in [-0.2, -0.15) is 0 Å². The van der Waals surface area contributed by atoms with E-state index in [1.807, 2.05) is 97.1 Å². The molecule has 0 bridgehead atoms. The van der Waals surface area contributed by atoms with Crippen LogP contribution in [0.5, 0.6) is 5.75 Å². The molecule has 1 N–H and O–H groups in total. The number of benzene rings is 5. The monoisotopic (exact) mass is 498 g/mol. The van der Waals surface area contributed by atoms with Gasteiger partial charge in [-0.1, -0.05) is 53.7 Å². The van der Waals surface area contributed by atoms with Gasteiger partial charge in [0.05, 0.1) is 7.11 Å². The fourth-order valence-corrected chi connectivity index (χ4v) is 5.34. The number of nitrogens with zero attached hydrogens (tertiary/aromatic N) is 2. The third kappa shape index (κ3) is 3.80. The summed E-state index contributed by atoms with van der Waals surface area (Å²) in [6.45, 7) is 2.90. The van der Waals surface area contributed by atoms with E-state index in [4.69, 9.17) is 4.74 Å². The average molecular weight is 499 g/mol. The molecule has 5 aromatic carbocycles. The summed E-state index contributed by atoms with van der Waals surface area (Å²) in [7, 11) is 1.62. The van der Waals surface area contributed by atoms with Crippen LogP contribution in [-0.2, 0) is 6.54 Å². The maximum Gasteiger partial charge on any atom is 0.193 e. The number of aryl methyl sites for hydroxylation is 1. The summed E-state index contributed by atoms with van der Waals surface area (Å²) in [5.41, 5.74) is 5.48. The first-order valence-corrected chi connectivity index (χ1v) is 12.6. The van der Waals surface area contributed by atoms with E-state index in [9.17, 15) is 10.0 Å². The van der Waals surface area contributed by atoms with Crippen molar-refractivity contribution in [1.82, 2.24) is 4.57 Å². The molecule has 0 atom stereocenters. The molecule has 5 nitrogen and oxygen atoms in total. The van der Waals surface area contributed by atoms with Crippen molar-refractivity contribution in [3.63, 3.8) is 0 Å². The number of carbonyl (C=O) groups is 1. The molecule has 186 valence electrons. The zero-order valence-electron chi connectivity index (χ0n) is 21.2. The Kier molecular flexibility index (Phi) is 5.89. The van der Waals surface area contributed by atoms with Crippen molar-refractivity contribution in [3.8, 4) is 5.75 Å². The number of ketones is 1. The Hall–Kier alpha value is -4.90. The van der Waals surface area contributed by atoms with Gasteiger partial charge >= 0.3 is 0 Å².